The van der Waals surface area contributed by atoms with Crippen molar-refractivity contribution in [3.63, 3.8) is 0 Å². The lowest BCUT2D eigenvalue weighted by Gasteiger charge is -1.94. The van der Waals surface area contributed by atoms with Gasteiger partial charge in [0.25, 0.3) is 0 Å². The fraction of sp³-hybridized carbons (Fsp3) is 0.400. The van der Waals surface area contributed by atoms with Crippen molar-refractivity contribution in [3.05, 3.63) is 37.0 Å². The Kier molecular flexibility index (Phi) is 4.65. The molecule has 56 valence electrons. The molecule has 0 aromatic carbocycles. The molecule has 0 aliphatic rings. The van der Waals surface area contributed by atoms with Gasteiger partial charge in [-0.2, -0.15) is 0 Å². The minimum Gasteiger partial charge on any atom is -0.102 e. The molecule has 0 spiro atoms. The molecule has 0 radical (unpaired) electrons. The second kappa shape index (κ2) is 5.04. The lowest BCUT2D eigenvalue weighted by Crippen LogP contribution is -1.79. The van der Waals surface area contributed by atoms with Crippen molar-refractivity contribution >= 4 is 0 Å². The first kappa shape index (κ1) is 9.22. The molecular formula is C10H16. The van der Waals surface area contributed by atoms with Gasteiger partial charge in [-0.3, -0.25) is 0 Å². The monoisotopic (exact) mass is 136 g/mol. The Hall–Kier alpha value is -0.780. The Labute approximate surface area is 64.0 Å². The van der Waals surface area contributed by atoms with E-state index in [0.29, 0.717) is 5.92 Å². The summed E-state index contributed by atoms with van der Waals surface area (Å²) >= 11 is 0. The molecule has 0 heteroatoms. The molecule has 0 bridgehead atoms. The van der Waals surface area contributed by atoms with E-state index in [-0.39, 0.29) is 0 Å². The van der Waals surface area contributed by atoms with Crippen molar-refractivity contribution in [1.29, 1.82) is 0 Å². The standard InChI is InChI=1S/C10H16/c1-5-10(4)8-6-7-9(2)3/h5-6,8,10H,1-2,7H2,3-4H3/b8-6-/t10-/m1/s1. The SMILES string of the molecule is C=C[C@@H](C)/C=C\CC(=C)C. The Morgan fingerprint density at radius 2 is 2.20 bits per heavy atom. The van der Waals surface area contributed by atoms with E-state index in [4.69, 9.17) is 0 Å². The first-order valence-electron chi connectivity index (χ1n) is 3.60. The van der Waals surface area contributed by atoms with Gasteiger partial charge in [0, 0.05) is 0 Å². The minimum absolute atomic E-state index is 0.486. The van der Waals surface area contributed by atoms with Gasteiger partial charge >= 0.3 is 0 Å². The van der Waals surface area contributed by atoms with Crippen LogP contribution < -0.4 is 0 Å². The molecular weight excluding hydrogens is 120 g/mol. The summed E-state index contributed by atoms with van der Waals surface area (Å²) in [6, 6.07) is 0. The second-order valence-corrected chi connectivity index (χ2v) is 2.68. The summed E-state index contributed by atoms with van der Waals surface area (Å²) in [6.45, 7) is 11.6. The maximum absolute atomic E-state index is 3.80. The van der Waals surface area contributed by atoms with E-state index >= 15 is 0 Å². The predicted octanol–water partition coefficient (Wildman–Crippen LogP) is 3.33. The molecule has 0 fully saturated rings. The highest BCUT2D eigenvalue weighted by Gasteiger charge is 1.85. The van der Waals surface area contributed by atoms with E-state index in [1.54, 1.807) is 0 Å². The molecule has 0 heterocycles. The predicted molar refractivity (Wildman–Crippen MR) is 47.9 cm³/mol. The minimum atomic E-state index is 0.486. The Balaban J connectivity index is 3.55. The van der Waals surface area contributed by atoms with E-state index in [1.165, 1.54) is 5.57 Å². The average Bonchev–Trinajstić information content (AvgIpc) is 1.87. The van der Waals surface area contributed by atoms with Crippen LogP contribution in [0.1, 0.15) is 20.3 Å². The summed E-state index contributed by atoms with van der Waals surface area (Å²) in [6.07, 6.45) is 7.18. The largest absolute Gasteiger partial charge is 0.102 e. The topological polar surface area (TPSA) is 0 Å². The van der Waals surface area contributed by atoms with Gasteiger partial charge in [0.1, 0.15) is 0 Å². The highest BCUT2D eigenvalue weighted by Crippen LogP contribution is 2.01. The third kappa shape index (κ3) is 5.36. The summed E-state index contributed by atoms with van der Waals surface area (Å²) < 4.78 is 0. The van der Waals surface area contributed by atoms with Gasteiger partial charge in [0.05, 0.1) is 0 Å². The third-order valence-electron chi connectivity index (χ3n) is 1.28. The molecule has 0 N–H and O–H groups in total. The van der Waals surface area contributed by atoms with Gasteiger partial charge in [0.2, 0.25) is 0 Å². The van der Waals surface area contributed by atoms with Crippen molar-refractivity contribution < 1.29 is 0 Å². The molecule has 0 aromatic rings. The van der Waals surface area contributed by atoms with Crippen LogP contribution in [0.5, 0.6) is 0 Å². The molecule has 0 nitrogen and oxygen atoms in total. The summed E-state index contributed by atoms with van der Waals surface area (Å²) in [5, 5.41) is 0. The average molecular weight is 136 g/mol. The molecule has 0 amide bonds. The molecule has 0 saturated carbocycles. The lowest BCUT2D eigenvalue weighted by molar-refractivity contribution is 0.935. The van der Waals surface area contributed by atoms with Crippen LogP contribution in [0.3, 0.4) is 0 Å². The van der Waals surface area contributed by atoms with Gasteiger partial charge in [0.15, 0.2) is 0 Å². The van der Waals surface area contributed by atoms with Crippen molar-refractivity contribution in [2.45, 2.75) is 20.3 Å². The van der Waals surface area contributed by atoms with E-state index < -0.39 is 0 Å². The van der Waals surface area contributed by atoms with Crippen molar-refractivity contribution in [2.24, 2.45) is 5.92 Å². The quantitative estimate of drug-likeness (QED) is 0.520. The van der Waals surface area contributed by atoms with E-state index in [1.807, 2.05) is 13.0 Å². The van der Waals surface area contributed by atoms with Crippen LogP contribution in [0.2, 0.25) is 0 Å². The summed E-state index contributed by atoms with van der Waals surface area (Å²) in [4.78, 5) is 0. The summed E-state index contributed by atoms with van der Waals surface area (Å²) in [5.41, 5.74) is 1.20. The first-order chi connectivity index (χ1) is 4.66. The smallest absolute Gasteiger partial charge is 0.00845 e. The van der Waals surface area contributed by atoms with E-state index in [9.17, 15) is 0 Å². The maximum atomic E-state index is 3.80. The molecule has 0 aliphatic heterocycles. The Bertz CT molecular complexity index is 140. The third-order valence-corrected chi connectivity index (χ3v) is 1.28. The second-order valence-electron chi connectivity index (χ2n) is 2.68. The Morgan fingerprint density at radius 1 is 1.60 bits per heavy atom. The zero-order valence-corrected chi connectivity index (χ0v) is 6.93. The normalized spacial score (nSPS) is 13.4. The fourth-order valence-corrected chi connectivity index (χ4v) is 0.562. The van der Waals surface area contributed by atoms with Gasteiger partial charge < -0.3 is 0 Å². The van der Waals surface area contributed by atoms with Gasteiger partial charge in [-0.1, -0.05) is 37.3 Å². The fourth-order valence-electron chi connectivity index (χ4n) is 0.562. The maximum Gasteiger partial charge on any atom is -0.00845 e. The highest BCUT2D eigenvalue weighted by molar-refractivity contribution is 5.02. The lowest BCUT2D eigenvalue weighted by atomic mass is 10.1. The van der Waals surface area contributed by atoms with Crippen molar-refractivity contribution in [1.82, 2.24) is 0 Å². The number of allylic oxidation sites excluding steroid dienone is 4. The zero-order valence-electron chi connectivity index (χ0n) is 6.93. The number of hydrogen-bond acceptors (Lipinski definition) is 0. The van der Waals surface area contributed by atoms with Crippen LogP contribution in [-0.4, -0.2) is 0 Å². The molecule has 0 saturated heterocycles. The van der Waals surface area contributed by atoms with Crippen LogP contribution in [-0.2, 0) is 0 Å². The van der Waals surface area contributed by atoms with Gasteiger partial charge in [-0.25, -0.2) is 0 Å². The molecule has 0 aromatic heterocycles. The van der Waals surface area contributed by atoms with E-state index in [0.717, 1.165) is 6.42 Å². The summed E-state index contributed by atoms with van der Waals surface area (Å²) in [5.74, 6) is 0.486. The van der Waals surface area contributed by atoms with Crippen molar-refractivity contribution in [3.8, 4) is 0 Å². The first-order valence-corrected chi connectivity index (χ1v) is 3.60. The number of rotatable bonds is 4. The summed E-state index contributed by atoms with van der Waals surface area (Å²) in [7, 11) is 0. The van der Waals surface area contributed by atoms with Gasteiger partial charge in [-0.05, 0) is 19.3 Å². The van der Waals surface area contributed by atoms with Crippen LogP contribution in [0.15, 0.2) is 37.0 Å². The molecule has 1 atom stereocenters. The van der Waals surface area contributed by atoms with Gasteiger partial charge in [-0.15, -0.1) is 6.58 Å². The zero-order chi connectivity index (χ0) is 7.98. The Morgan fingerprint density at radius 3 is 2.60 bits per heavy atom. The molecule has 0 unspecified atom stereocenters. The van der Waals surface area contributed by atoms with Crippen LogP contribution in [0, 0.1) is 5.92 Å². The molecule has 10 heavy (non-hydrogen) atoms. The van der Waals surface area contributed by atoms with Crippen LogP contribution >= 0.6 is 0 Å². The van der Waals surface area contributed by atoms with E-state index in [2.05, 4.69) is 32.2 Å². The highest BCUT2D eigenvalue weighted by atomic mass is 13.9. The van der Waals surface area contributed by atoms with Crippen LogP contribution in [0.4, 0.5) is 0 Å². The van der Waals surface area contributed by atoms with Crippen molar-refractivity contribution in [2.75, 3.05) is 0 Å². The van der Waals surface area contributed by atoms with Crippen LogP contribution in [0.25, 0.3) is 0 Å². The molecule has 0 aliphatic carbocycles. The molecule has 0 rings (SSSR count). The number of hydrogen-bond donors (Lipinski definition) is 0.